The third-order valence-corrected chi connectivity index (χ3v) is 4.81. The van der Waals surface area contributed by atoms with Crippen LogP contribution in [0.4, 0.5) is 0 Å². The Morgan fingerprint density at radius 2 is 1.78 bits per heavy atom. The van der Waals surface area contributed by atoms with Gasteiger partial charge < -0.3 is 10.2 Å². The van der Waals surface area contributed by atoms with Crippen LogP contribution in [0.2, 0.25) is 0 Å². The largest absolute Gasteiger partial charge is 0.357 e. The van der Waals surface area contributed by atoms with Crippen molar-refractivity contribution in [1.29, 1.82) is 0 Å². The number of guanidine groups is 1. The second-order valence-electron chi connectivity index (χ2n) is 6.76. The van der Waals surface area contributed by atoms with Crippen molar-refractivity contribution >= 4 is 29.9 Å². The number of likely N-dealkylation sites (tertiary alicyclic amines) is 1. The Labute approximate surface area is 158 Å². The average Bonchev–Trinajstić information content (AvgIpc) is 3.38. The fraction of sp³-hybridized carbons (Fsp3) is 0.632. The van der Waals surface area contributed by atoms with Crippen molar-refractivity contribution in [3.63, 3.8) is 0 Å². The first-order valence-corrected chi connectivity index (χ1v) is 8.92. The van der Waals surface area contributed by atoms with Crippen LogP contribution in [0.15, 0.2) is 35.3 Å². The fourth-order valence-corrected chi connectivity index (χ4v) is 3.24. The Kier molecular flexibility index (Phi) is 7.66. The maximum atomic E-state index is 4.84. The highest BCUT2D eigenvalue weighted by Crippen LogP contribution is 2.29. The van der Waals surface area contributed by atoms with E-state index in [1.165, 1.54) is 37.7 Å². The van der Waals surface area contributed by atoms with Gasteiger partial charge in [0.05, 0.1) is 0 Å². The van der Waals surface area contributed by atoms with Gasteiger partial charge in [0.25, 0.3) is 0 Å². The summed E-state index contributed by atoms with van der Waals surface area (Å²) in [5.74, 6) is 2.83. The summed E-state index contributed by atoms with van der Waals surface area (Å²) in [6, 6.07) is 10.9. The van der Waals surface area contributed by atoms with Gasteiger partial charge in [-0.05, 0) is 56.4 Å². The standard InChI is InChI=1S/C19H29N3.HI/c1-2-20-19(21-15-18-8-9-18)22-12-10-17(11-13-22)14-16-6-4-3-5-7-16;/h3-7,17-18H,2,8-15H2,1H3,(H,20,21);1H. The molecule has 0 atom stereocenters. The highest BCUT2D eigenvalue weighted by atomic mass is 127. The Morgan fingerprint density at radius 1 is 1.09 bits per heavy atom. The number of hydrogen-bond acceptors (Lipinski definition) is 1. The van der Waals surface area contributed by atoms with E-state index < -0.39 is 0 Å². The molecule has 1 saturated carbocycles. The minimum Gasteiger partial charge on any atom is -0.357 e. The second kappa shape index (κ2) is 9.50. The molecule has 0 spiro atoms. The second-order valence-corrected chi connectivity index (χ2v) is 6.76. The molecule has 1 aliphatic heterocycles. The quantitative estimate of drug-likeness (QED) is 0.438. The van der Waals surface area contributed by atoms with Crippen LogP contribution in [-0.2, 0) is 6.42 Å². The molecule has 1 saturated heterocycles. The highest BCUT2D eigenvalue weighted by molar-refractivity contribution is 14.0. The summed E-state index contributed by atoms with van der Waals surface area (Å²) in [6.45, 7) is 6.44. The van der Waals surface area contributed by atoms with Crippen LogP contribution in [0.1, 0.15) is 38.2 Å². The summed E-state index contributed by atoms with van der Waals surface area (Å²) in [5.41, 5.74) is 1.48. The lowest BCUT2D eigenvalue weighted by Gasteiger charge is -2.34. The number of piperidine rings is 1. The lowest BCUT2D eigenvalue weighted by molar-refractivity contribution is 0.259. The SMILES string of the molecule is CCNC(=NCC1CC1)N1CCC(Cc2ccccc2)CC1.I. The van der Waals surface area contributed by atoms with Crippen molar-refractivity contribution in [2.45, 2.75) is 39.0 Å². The number of halogens is 1. The summed E-state index contributed by atoms with van der Waals surface area (Å²) in [5, 5.41) is 3.48. The summed E-state index contributed by atoms with van der Waals surface area (Å²) < 4.78 is 0. The minimum atomic E-state index is 0. The van der Waals surface area contributed by atoms with Crippen LogP contribution in [0.25, 0.3) is 0 Å². The van der Waals surface area contributed by atoms with Gasteiger partial charge in [-0.2, -0.15) is 0 Å². The van der Waals surface area contributed by atoms with Gasteiger partial charge >= 0.3 is 0 Å². The topological polar surface area (TPSA) is 27.6 Å². The molecule has 1 heterocycles. The number of nitrogens with one attached hydrogen (secondary N) is 1. The van der Waals surface area contributed by atoms with Crippen molar-refractivity contribution < 1.29 is 0 Å². The summed E-state index contributed by atoms with van der Waals surface area (Å²) in [4.78, 5) is 7.31. The van der Waals surface area contributed by atoms with E-state index in [2.05, 4.69) is 47.5 Å². The fourth-order valence-electron chi connectivity index (χ4n) is 3.24. The van der Waals surface area contributed by atoms with Gasteiger partial charge in [0.2, 0.25) is 0 Å². The first kappa shape index (κ1) is 18.6. The van der Waals surface area contributed by atoms with E-state index in [0.717, 1.165) is 44.0 Å². The van der Waals surface area contributed by atoms with E-state index in [9.17, 15) is 0 Å². The number of rotatable bonds is 5. The van der Waals surface area contributed by atoms with Crippen molar-refractivity contribution in [3.8, 4) is 0 Å². The molecule has 3 nitrogen and oxygen atoms in total. The zero-order valence-corrected chi connectivity index (χ0v) is 16.5. The van der Waals surface area contributed by atoms with E-state index in [1.54, 1.807) is 0 Å². The highest BCUT2D eigenvalue weighted by Gasteiger charge is 2.24. The Morgan fingerprint density at radius 3 is 2.39 bits per heavy atom. The molecule has 0 unspecified atom stereocenters. The molecule has 0 radical (unpaired) electrons. The van der Waals surface area contributed by atoms with Crippen LogP contribution in [0.5, 0.6) is 0 Å². The first-order valence-electron chi connectivity index (χ1n) is 8.92. The molecule has 23 heavy (non-hydrogen) atoms. The van der Waals surface area contributed by atoms with E-state index in [-0.39, 0.29) is 24.0 Å². The van der Waals surface area contributed by atoms with Crippen LogP contribution in [0, 0.1) is 11.8 Å². The summed E-state index contributed by atoms with van der Waals surface area (Å²) in [6.07, 6.45) is 6.54. The maximum Gasteiger partial charge on any atom is 0.193 e. The van der Waals surface area contributed by atoms with Crippen molar-refractivity contribution in [3.05, 3.63) is 35.9 Å². The third-order valence-electron chi connectivity index (χ3n) is 4.81. The van der Waals surface area contributed by atoms with Crippen LogP contribution >= 0.6 is 24.0 Å². The van der Waals surface area contributed by atoms with Gasteiger partial charge in [-0.3, -0.25) is 4.99 Å². The third kappa shape index (κ3) is 5.98. The smallest absolute Gasteiger partial charge is 0.193 e. The molecule has 1 N–H and O–H groups in total. The predicted octanol–water partition coefficient (Wildman–Crippen LogP) is 3.93. The normalized spacial score (nSPS) is 19.3. The van der Waals surface area contributed by atoms with Crippen molar-refractivity contribution in [2.24, 2.45) is 16.8 Å². The molecule has 2 fully saturated rings. The van der Waals surface area contributed by atoms with E-state index in [1.807, 2.05) is 0 Å². The molecule has 4 heteroatoms. The van der Waals surface area contributed by atoms with Gasteiger partial charge in [-0.15, -0.1) is 24.0 Å². The summed E-state index contributed by atoms with van der Waals surface area (Å²) >= 11 is 0. The maximum absolute atomic E-state index is 4.84. The number of aliphatic imine (C=N–C) groups is 1. The Hall–Kier alpha value is -0.780. The summed E-state index contributed by atoms with van der Waals surface area (Å²) in [7, 11) is 0. The van der Waals surface area contributed by atoms with Crippen LogP contribution < -0.4 is 5.32 Å². The molecule has 3 rings (SSSR count). The lowest BCUT2D eigenvalue weighted by Crippen LogP contribution is -2.46. The molecule has 2 aliphatic rings. The molecular weight excluding hydrogens is 397 g/mol. The van der Waals surface area contributed by atoms with Gasteiger partial charge in [0.15, 0.2) is 5.96 Å². The zero-order valence-electron chi connectivity index (χ0n) is 14.2. The molecule has 0 amide bonds. The van der Waals surface area contributed by atoms with Crippen LogP contribution in [-0.4, -0.2) is 37.0 Å². The van der Waals surface area contributed by atoms with E-state index >= 15 is 0 Å². The van der Waals surface area contributed by atoms with Gasteiger partial charge in [-0.25, -0.2) is 0 Å². The average molecular weight is 427 g/mol. The minimum absolute atomic E-state index is 0. The van der Waals surface area contributed by atoms with Crippen molar-refractivity contribution in [2.75, 3.05) is 26.2 Å². The Bertz CT molecular complexity index is 477. The Balaban J connectivity index is 0.00000192. The molecule has 1 aromatic carbocycles. The van der Waals surface area contributed by atoms with E-state index in [0.29, 0.717) is 0 Å². The van der Waals surface area contributed by atoms with Gasteiger partial charge in [0, 0.05) is 26.2 Å². The molecule has 128 valence electrons. The number of nitrogens with zero attached hydrogens (tertiary/aromatic N) is 2. The van der Waals surface area contributed by atoms with E-state index in [4.69, 9.17) is 4.99 Å². The van der Waals surface area contributed by atoms with Crippen LogP contribution in [0.3, 0.4) is 0 Å². The molecule has 1 aliphatic carbocycles. The zero-order chi connectivity index (χ0) is 15.2. The monoisotopic (exact) mass is 427 g/mol. The van der Waals surface area contributed by atoms with Crippen molar-refractivity contribution in [1.82, 2.24) is 10.2 Å². The van der Waals surface area contributed by atoms with Gasteiger partial charge in [0.1, 0.15) is 0 Å². The number of benzene rings is 1. The molecule has 0 bridgehead atoms. The molecular formula is C19H30IN3. The lowest BCUT2D eigenvalue weighted by atomic mass is 9.90. The number of hydrogen-bond donors (Lipinski definition) is 1. The van der Waals surface area contributed by atoms with Gasteiger partial charge in [-0.1, -0.05) is 30.3 Å². The first-order chi connectivity index (χ1) is 10.8. The molecule has 1 aromatic rings. The predicted molar refractivity (Wildman–Crippen MR) is 109 cm³/mol. The molecule has 0 aromatic heterocycles.